The average molecular weight is 325 g/mol. The van der Waals surface area contributed by atoms with Crippen molar-refractivity contribution in [2.75, 3.05) is 26.7 Å². The minimum Gasteiger partial charge on any atom is -0.345 e. The van der Waals surface area contributed by atoms with E-state index in [0.29, 0.717) is 19.0 Å². The van der Waals surface area contributed by atoms with Crippen molar-refractivity contribution >= 4 is 11.8 Å². The molecule has 1 rings (SSSR count). The van der Waals surface area contributed by atoms with Gasteiger partial charge in [-0.2, -0.15) is 0 Å². The van der Waals surface area contributed by atoms with Gasteiger partial charge in [0.25, 0.3) is 0 Å². The van der Waals surface area contributed by atoms with Crippen LogP contribution in [0.2, 0.25) is 0 Å². The van der Waals surface area contributed by atoms with E-state index in [-0.39, 0.29) is 29.2 Å². The number of amides is 2. The first-order valence-corrected chi connectivity index (χ1v) is 8.84. The second-order valence-electron chi connectivity index (χ2n) is 8.30. The van der Waals surface area contributed by atoms with Gasteiger partial charge in [-0.05, 0) is 25.2 Å². The Bertz CT molecular complexity index is 415. The van der Waals surface area contributed by atoms with E-state index in [2.05, 4.69) is 13.8 Å². The maximum absolute atomic E-state index is 12.6. The molecule has 0 aliphatic carbocycles. The van der Waals surface area contributed by atoms with E-state index in [9.17, 15) is 9.59 Å². The zero-order chi connectivity index (χ0) is 17.8. The molecule has 0 aromatic heterocycles. The molecule has 1 aliphatic rings. The molecule has 1 fully saturated rings. The molecule has 2 N–H and O–H groups in total. The summed E-state index contributed by atoms with van der Waals surface area (Å²) >= 11 is 0. The summed E-state index contributed by atoms with van der Waals surface area (Å²) in [6.07, 6.45) is 2.59. The van der Waals surface area contributed by atoms with E-state index >= 15 is 0 Å². The summed E-state index contributed by atoms with van der Waals surface area (Å²) in [7, 11) is 1.85. The van der Waals surface area contributed by atoms with Gasteiger partial charge in [-0.15, -0.1) is 0 Å². The predicted molar refractivity (Wildman–Crippen MR) is 93.8 cm³/mol. The minimum absolute atomic E-state index is 0.0738. The summed E-state index contributed by atoms with van der Waals surface area (Å²) in [6.45, 7) is 12.0. The Labute approximate surface area is 141 Å². The number of hydrogen-bond acceptors (Lipinski definition) is 3. The van der Waals surface area contributed by atoms with Gasteiger partial charge in [0.15, 0.2) is 0 Å². The fraction of sp³-hybridized carbons (Fsp3) is 0.889. The van der Waals surface area contributed by atoms with Gasteiger partial charge in [-0.25, -0.2) is 0 Å². The first kappa shape index (κ1) is 19.9. The highest BCUT2D eigenvalue weighted by molar-refractivity contribution is 5.83. The van der Waals surface area contributed by atoms with Crippen LogP contribution in [0.4, 0.5) is 0 Å². The standard InChI is InChI=1S/C18H35N3O2/c1-13(2)15(19)9-11-20(6)16(22)14-8-7-10-21(12-14)17(23)18(3,4)5/h13-15H,7-12,19H2,1-6H3. The van der Waals surface area contributed by atoms with E-state index < -0.39 is 0 Å². The van der Waals surface area contributed by atoms with Gasteiger partial charge >= 0.3 is 0 Å². The Hall–Kier alpha value is -1.10. The predicted octanol–water partition coefficient (Wildman–Crippen LogP) is 2.10. The molecular weight excluding hydrogens is 290 g/mol. The number of likely N-dealkylation sites (tertiary alicyclic amines) is 1. The second kappa shape index (κ2) is 8.13. The summed E-state index contributed by atoms with van der Waals surface area (Å²) in [5.74, 6) is 0.634. The molecule has 5 nitrogen and oxygen atoms in total. The molecule has 134 valence electrons. The minimum atomic E-state index is -0.388. The Balaban J connectivity index is 2.57. The average Bonchev–Trinajstić information content (AvgIpc) is 2.49. The number of rotatable bonds is 5. The number of carbonyl (C=O) groups excluding carboxylic acids is 2. The van der Waals surface area contributed by atoms with E-state index in [1.165, 1.54) is 0 Å². The number of piperidine rings is 1. The Morgan fingerprint density at radius 2 is 1.91 bits per heavy atom. The molecule has 0 radical (unpaired) electrons. The summed E-state index contributed by atoms with van der Waals surface area (Å²) in [4.78, 5) is 28.7. The largest absolute Gasteiger partial charge is 0.345 e. The van der Waals surface area contributed by atoms with Gasteiger partial charge in [0.1, 0.15) is 0 Å². The summed E-state index contributed by atoms with van der Waals surface area (Å²) < 4.78 is 0. The third-order valence-corrected chi connectivity index (χ3v) is 4.73. The Morgan fingerprint density at radius 3 is 2.43 bits per heavy atom. The molecule has 0 spiro atoms. The lowest BCUT2D eigenvalue weighted by atomic mass is 9.90. The number of nitrogens with two attached hydrogens (primary N) is 1. The number of nitrogens with zero attached hydrogens (tertiary/aromatic N) is 2. The van der Waals surface area contributed by atoms with Gasteiger partial charge in [0.05, 0.1) is 5.92 Å². The summed E-state index contributed by atoms with van der Waals surface area (Å²) in [6, 6.07) is 0.121. The molecule has 2 atom stereocenters. The van der Waals surface area contributed by atoms with Crippen molar-refractivity contribution in [2.45, 2.75) is 59.9 Å². The smallest absolute Gasteiger partial charge is 0.227 e. The topological polar surface area (TPSA) is 66.6 Å². The van der Waals surface area contributed by atoms with E-state index in [0.717, 1.165) is 25.8 Å². The quantitative estimate of drug-likeness (QED) is 0.842. The van der Waals surface area contributed by atoms with Crippen LogP contribution in [0, 0.1) is 17.3 Å². The van der Waals surface area contributed by atoms with Crippen LogP contribution in [0.3, 0.4) is 0 Å². The van der Waals surface area contributed by atoms with Crippen LogP contribution in [0.5, 0.6) is 0 Å². The van der Waals surface area contributed by atoms with E-state index in [1.807, 2.05) is 32.7 Å². The van der Waals surface area contributed by atoms with Crippen LogP contribution in [-0.2, 0) is 9.59 Å². The fourth-order valence-corrected chi connectivity index (χ4v) is 2.94. The zero-order valence-electron chi connectivity index (χ0n) is 15.8. The SMILES string of the molecule is CC(C)C(N)CCN(C)C(=O)C1CCCN(C(=O)C(C)(C)C)C1. The first-order valence-electron chi connectivity index (χ1n) is 8.84. The van der Waals surface area contributed by atoms with Crippen molar-refractivity contribution in [2.24, 2.45) is 23.0 Å². The molecule has 1 heterocycles. The molecular formula is C18H35N3O2. The summed E-state index contributed by atoms with van der Waals surface area (Å²) in [5, 5.41) is 0. The number of hydrogen-bond donors (Lipinski definition) is 1. The van der Waals surface area contributed by atoms with Crippen LogP contribution in [-0.4, -0.2) is 54.3 Å². The third-order valence-electron chi connectivity index (χ3n) is 4.73. The third kappa shape index (κ3) is 5.79. The van der Waals surface area contributed by atoms with Gasteiger partial charge in [0, 0.05) is 38.1 Å². The van der Waals surface area contributed by atoms with Crippen LogP contribution in [0.15, 0.2) is 0 Å². The lowest BCUT2D eigenvalue weighted by molar-refractivity contribution is -0.144. The van der Waals surface area contributed by atoms with Crippen molar-refractivity contribution in [1.29, 1.82) is 0 Å². The second-order valence-corrected chi connectivity index (χ2v) is 8.30. The first-order chi connectivity index (χ1) is 10.5. The van der Waals surface area contributed by atoms with E-state index in [1.54, 1.807) is 4.90 Å². The maximum atomic E-state index is 12.6. The van der Waals surface area contributed by atoms with E-state index in [4.69, 9.17) is 5.73 Å². The van der Waals surface area contributed by atoms with Crippen molar-refractivity contribution in [3.05, 3.63) is 0 Å². The van der Waals surface area contributed by atoms with Crippen LogP contribution >= 0.6 is 0 Å². The lowest BCUT2D eigenvalue weighted by Gasteiger charge is -2.37. The molecule has 5 heteroatoms. The van der Waals surface area contributed by atoms with Crippen molar-refractivity contribution in [1.82, 2.24) is 9.80 Å². The molecule has 2 unspecified atom stereocenters. The van der Waals surface area contributed by atoms with Crippen LogP contribution in [0.25, 0.3) is 0 Å². The molecule has 0 bridgehead atoms. The molecule has 23 heavy (non-hydrogen) atoms. The van der Waals surface area contributed by atoms with Crippen molar-refractivity contribution in [3.63, 3.8) is 0 Å². The zero-order valence-corrected chi connectivity index (χ0v) is 15.8. The van der Waals surface area contributed by atoms with Crippen molar-refractivity contribution in [3.8, 4) is 0 Å². The highest BCUT2D eigenvalue weighted by atomic mass is 16.2. The highest BCUT2D eigenvalue weighted by Gasteiger charge is 2.34. The normalized spacial score (nSPS) is 20.5. The molecule has 2 amide bonds. The van der Waals surface area contributed by atoms with Gasteiger partial charge in [-0.1, -0.05) is 34.6 Å². The van der Waals surface area contributed by atoms with Gasteiger partial charge in [0.2, 0.25) is 11.8 Å². The lowest BCUT2D eigenvalue weighted by Crippen LogP contribution is -2.49. The van der Waals surface area contributed by atoms with Gasteiger partial charge in [-0.3, -0.25) is 9.59 Å². The molecule has 0 aromatic rings. The van der Waals surface area contributed by atoms with Crippen molar-refractivity contribution < 1.29 is 9.59 Å². The Morgan fingerprint density at radius 1 is 1.30 bits per heavy atom. The molecule has 0 aromatic carbocycles. The monoisotopic (exact) mass is 325 g/mol. The highest BCUT2D eigenvalue weighted by Crippen LogP contribution is 2.24. The molecule has 1 aliphatic heterocycles. The number of carbonyl (C=O) groups is 2. The van der Waals surface area contributed by atoms with Crippen LogP contribution in [0.1, 0.15) is 53.9 Å². The van der Waals surface area contributed by atoms with Crippen LogP contribution < -0.4 is 5.73 Å². The fourth-order valence-electron chi connectivity index (χ4n) is 2.94. The van der Waals surface area contributed by atoms with Gasteiger partial charge < -0.3 is 15.5 Å². The summed E-state index contributed by atoms with van der Waals surface area (Å²) in [5.41, 5.74) is 5.67. The molecule has 0 saturated carbocycles. The Kier molecular flexibility index (Phi) is 7.05. The maximum Gasteiger partial charge on any atom is 0.227 e. The molecule has 1 saturated heterocycles.